The molecule has 4 nitrogen and oxygen atoms in total. The molecular weight excluding hydrogens is 270 g/mol. The van der Waals surface area contributed by atoms with Crippen LogP contribution in [0.2, 0.25) is 0 Å². The topological polar surface area (TPSA) is 46.2 Å². The van der Waals surface area contributed by atoms with E-state index in [1.165, 1.54) is 0 Å². The number of anilines is 1. The normalized spacial score (nSPS) is 11.4. The summed E-state index contributed by atoms with van der Waals surface area (Å²) in [5.74, 6) is 0.856. The Morgan fingerprint density at radius 2 is 1.90 bits per heavy atom. The van der Waals surface area contributed by atoms with Crippen LogP contribution in [0.1, 0.15) is 6.92 Å². The molecule has 0 radical (unpaired) electrons. The Hall–Kier alpha value is -2.14. The molecule has 5 heteroatoms. The summed E-state index contributed by atoms with van der Waals surface area (Å²) in [5, 5.41) is 6.84. The number of aromatic nitrogens is 1. The van der Waals surface area contributed by atoms with E-state index in [4.69, 9.17) is 17.0 Å². The minimum atomic E-state index is 0.108. The third-order valence-electron chi connectivity index (χ3n) is 2.56. The van der Waals surface area contributed by atoms with E-state index in [1.807, 2.05) is 49.4 Å². The van der Waals surface area contributed by atoms with Crippen LogP contribution in [0.25, 0.3) is 0 Å². The lowest BCUT2D eigenvalue weighted by molar-refractivity contribution is 0.287. The van der Waals surface area contributed by atoms with Gasteiger partial charge in [0.1, 0.15) is 12.4 Å². The SMILES string of the molecule is C[C@@H](COc1ccccc1)NC(=S)Nc1ccncc1. The van der Waals surface area contributed by atoms with Crippen molar-refractivity contribution in [3.05, 3.63) is 54.9 Å². The van der Waals surface area contributed by atoms with Gasteiger partial charge in [-0.15, -0.1) is 0 Å². The lowest BCUT2D eigenvalue weighted by atomic mass is 10.3. The van der Waals surface area contributed by atoms with Crippen LogP contribution in [-0.4, -0.2) is 22.7 Å². The van der Waals surface area contributed by atoms with Gasteiger partial charge in [0.05, 0.1) is 6.04 Å². The highest BCUT2D eigenvalue weighted by molar-refractivity contribution is 7.80. The van der Waals surface area contributed by atoms with Crippen LogP contribution < -0.4 is 15.4 Å². The highest BCUT2D eigenvalue weighted by atomic mass is 32.1. The summed E-state index contributed by atoms with van der Waals surface area (Å²) >= 11 is 5.24. The van der Waals surface area contributed by atoms with Gasteiger partial charge < -0.3 is 15.4 Å². The van der Waals surface area contributed by atoms with Crippen molar-refractivity contribution < 1.29 is 4.74 Å². The third-order valence-corrected chi connectivity index (χ3v) is 2.78. The van der Waals surface area contributed by atoms with E-state index in [0.29, 0.717) is 11.7 Å². The summed E-state index contributed by atoms with van der Waals surface area (Å²) in [6, 6.07) is 13.5. The quantitative estimate of drug-likeness (QED) is 0.828. The second kappa shape index (κ2) is 7.45. The van der Waals surface area contributed by atoms with E-state index in [-0.39, 0.29) is 6.04 Å². The monoisotopic (exact) mass is 287 g/mol. The second-order valence-electron chi connectivity index (χ2n) is 4.36. The number of thiocarbonyl (C=S) groups is 1. The molecule has 20 heavy (non-hydrogen) atoms. The van der Waals surface area contributed by atoms with Crippen molar-refractivity contribution in [2.45, 2.75) is 13.0 Å². The number of pyridine rings is 1. The van der Waals surface area contributed by atoms with E-state index < -0.39 is 0 Å². The lowest BCUT2D eigenvalue weighted by Crippen LogP contribution is -2.39. The molecule has 1 aromatic carbocycles. The summed E-state index contributed by atoms with van der Waals surface area (Å²) in [6.45, 7) is 2.56. The van der Waals surface area contributed by atoms with Crippen LogP contribution in [-0.2, 0) is 0 Å². The van der Waals surface area contributed by atoms with Crippen molar-refractivity contribution in [3.63, 3.8) is 0 Å². The summed E-state index contributed by atoms with van der Waals surface area (Å²) in [7, 11) is 0. The number of ether oxygens (including phenoxy) is 1. The summed E-state index contributed by atoms with van der Waals surface area (Å²) in [6.07, 6.45) is 3.43. The maximum absolute atomic E-state index is 5.66. The summed E-state index contributed by atoms with van der Waals surface area (Å²) < 4.78 is 5.66. The number of hydrogen-bond donors (Lipinski definition) is 2. The Bertz CT molecular complexity index is 533. The average Bonchev–Trinajstić information content (AvgIpc) is 2.47. The van der Waals surface area contributed by atoms with Gasteiger partial charge in [-0.25, -0.2) is 0 Å². The molecule has 104 valence electrons. The number of nitrogens with one attached hydrogen (secondary N) is 2. The number of nitrogens with zero attached hydrogens (tertiary/aromatic N) is 1. The van der Waals surface area contributed by atoms with Gasteiger partial charge in [-0.3, -0.25) is 4.98 Å². The first-order valence-electron chi connectivity index (χ1n) is 6.39. The lowest BCUT2D eigenvalue weighted by Gasteiger charge is -2.17. The van der Waals surface area contributed by atoms with Gasteiger partial charge in [-0.2, -0.15) is 0 Å². The van der Waals surface area contributed by atoms with Crippen molar-refractivity contribution >= 4 is 23.0 Å². The number of benzene rings is 1. The second-order valence-corrected chi connectivity index (χ2v) is 4.77. The van der Waals surface area contributed by atoms with Crippen LogP contribution in [0, 0.1) is 0 Å². The summed E-state index contributed by atoms with van der Waals surface area (Å²) in [4.78, 5) is 3.95. The van der Waals surface area contributed by atoms with Crippen LogP contribution >= 0.6 is 12.2 Å². The van der Waals surface area contributed by atoms with Gasteiger partial charge in [0, 0.05) is 18.1 Å². The molecule has 1 atom stereocenters. The highest BCUT2D eigenvalue weighted by Gasteiger charge is 2.05. The van der Waals surface area contributed by atoms with Gasteiger partial charge in [0.15, 0.2) is 5.11 Å². The van der Waals surface area contributed by atoms with Crippen LogP contribution in [0.5, 0.6) is 5.75 Å². The zero-order valence-electron chi connectivity index (χ0n) is 11.2. The van der Waals surface area contributed by atoms with Crippen molar-refractivity contribution in [2.75, 3.05) is 11.9 Å². The van der Waals surface area contributed by atoms with E-state index >= 15 is 0 Å². The number of rotatable bonds is 5. The molecule has 2 N–H and O–H groups in total. The minimum absolute atomic E-state index is 0.108. The van der Waals surface area contributed by atoms with Crippen molar-refractivity contribution in [2.24, 2.45) is 0 Å². The predicted molar refractivity (Wildman–Crippen MR) is 85.0 cm³/mol. The number of hydrogen-bond acceptors (Lipinski definition) is 3. The largest absolute Gasteiger partial charge is 0.491 e. The van der Waals surface area contributed by atoms with E-state index in [0.717, 1.165) is 11.4 Å². The molecule has 0 aliphatic heterocycles. The maximum atomic E-state index is 5.66. The Kier molecular flexibility index (Phi) is 5.32. The van der Waals surface area contributed by atoms with Crippen molar-refractivity contribution in [1.29, 1.82) is 0 Å². The first kappa shape index (κ1) is 14.3. The van der Waals surface area contributed by atoms with E-state index in [1.54, 1.807) is 12.4 Å². The fourth-order valence-corrected chi connectivity index (χ4v) is 1.92. The molecule has 0 saturated carbocycles. The maximum Gasteiger partial charge on any atom is 0.171 e. The van der Waals surface area contributed by atoms with Gasteiger partial charge in [0.2, 0.25) is 0 Å². The van der Waals surface area contributed by atoms with Gasteiger partial charge in [0.25, 0.3) is 0 Å². The van der Waals surface area contributed by atoms with Crippen molar-refractivity contribution in [3.8, 4) is 5.75 Å². The Balaban J connectivity index is 1.74. The Morgan fingerprint density at radius 1 is 1.20 bits per heavy atom. The molecule has 1 aromatic heterocycles. The Labute approximate surface area is 124 Å². The van der Waals surface area contributed by atoms with Crippen LogP contribution in [0.4, 0.5) is 5.69 Å². The van der Waals surface area contributed by atoms with E-state index in [2.05, 4.69) is 15.6 Å². The van der Waals surface area contributed by atoms with Gasteiger partial charge in [-0.1, -0.05) is 18.2 Å². The minimum Gasteiger partial charge on any atom is -0.491 e. The first-order chi connectivity index (χ1) is 9.74. The third kappa shape index (κ3) is 4.85. The molecule has 0 aliphatic carbocycles. The highest BCUT2D eigenvalue weighted by Crippen LogP contribution is 2.08. The molecule has 2 rings (SSSR count). The Morgan fingerprint density at radius 3 is 2.60 bits per heavy atom. The molecule has 2 aromatic rings. The molecule has 0 aliphatic rings. The standard InChI is InChI=1S/C15H17N3OS/c1-12(11-19-14-5-3-2-4-6-14)17-15(20)18-13-7-9-16-10-8-13/h2-10,12H,11H2,1H3,(H2,16,17,18,20)/t12-/m0/s1. The first-order valence-corrected chi connectivity index (χ1v) is 6.80. The smallest absolute Gasteiger partial charge is 0.171 e. The number of para-hydroxylation sites is 1. The zero-order chi connectivity index (χ0) is 14.2. The molecule has 0 unspecified atom stereocenters. The molecule has 0 spiro atoms. The van der Waals surface area contributed by atoms with Crippen molar-refractivity contribution in [1.82, 2.24) is 10.3 Å². The van der Waals surface area contributed by atoms with Crippen LogP contribution in [0.15, 0.2) is 54.9 Å². The average molecular weight is 287 g/mol. The molecule has 0 bridgehead atoms. The molecule has 0 saturated heterocycles. The fraction of sp³-hybridized carbons (Fsp3) is 0.200. The molecular formula is C15H17N3OS. The summed E-state index contributed by atoms with van der Waals surface area (Å²) in [5.41, 5.74) is 0.911. The predicted octanol–water partition coefficient (Wildman–Crippen LogP) is 2.84. The van der Waals surface area contributed by atoms with E-state index in [9.17, 15) is 0 Å². The van der Waals surface area contributed by atoms with Gasteiger partial charge in [-0.05, 0) is 43.4 Å². The van der Waals surface area contributed by atoms with Gasteiger partial charge >= 0.3 is 0 Å². The fourth-order valence-electron chi connectivity index (χ4n) is 1.61. The zero-order valence-corrected chi connectivity index (χ0v) is 12.1. The van der Waals surface area contributed by atoms with Crippen LogP contribution in [0.3, 0.4) is 0 Å². The molecule has 0 amide bonds. The molecule has 0 fully saturated rings. The molecule has 1 heterocycles.